The van der Waals surface area contributed by atoms with Crippen LogP contribution >= 0.6 is 22.7 Å². The highest BCUT2D eigenvalue weighted by molar-refractivity contribution is 7.21. The summed E-state index contributed by atoms with van der Waals surface area (Å²) in [6.45, 7) is 9.44. The first-order valence-electron chi connectivity index (χ1n) is 15.2. The van der Waals surface area contributed by atoms with Crippen LogP contribution in [0.4, 0.5) is 0 Å². The van der Waals surface area contributed by atoms with E-state index in [4.69, 9.17) is 4.98 Å². The van der Waals surface area contributed by atoms with Crippen LogP contribution in [0.5, 0.6) is 0 Å². The second-order valence-corrected chi connectivity index (χ2v) is 14.0. The number of nitrogens with zero attached hydrogens (tertiary/aromatic N) is 3. The topological polar surface area (TPSA) is 58.4 Å². The first-order valence-corrected chi connectivity index (χ1v) is 16.9. The minimum Gasteiger partial charge on any atom is -0.477 e. The van der Waals surface area contributed by atoms with Crippen molar-refractivity contribution in [1.29, 1.82) is 0 Å². The molecule has 4 aromatic heterocycles. The number of aromatic nitrogens is 2. The fourth-order valence-electron chi connectivity index (χ4n) is 6.97. The Morgan fingerprint density at radius 1 is 1.02 bits per heavy atom. The van der Waals surface area contributed by atoms with Crippen molar-refractivity contribution in [2.75, 3.05) is 13.1 Å². The van der Waals surface area contributed by atoms with Gasteiger partial charge in [-0.2, -0.15) is 0 Å². The van der Waals surface area contributed by atoms with Gasteiger partial charge in [-0.15, -0.1) is 22.7 Å². The van der Waals surface area contributed by atoms with Crippen LogP contribution in [0.25, 0.3) is 42.9 Å². The number of aromatic carboxylic acids is 1. The lowest BCUT2D eigenvalue weighted by Gasteiger charge is -2.31. The molecule has 5 nitrogen and oxygen atoms in total. The number of thiophene rings is 2. The zero-order chi connectivity index (χ0) is 28.8. The Morgan fingerprint density at radius 2 is 1.81 bits per heavy atom. The number of benzene rings is 1. The summed E-state index contributed by atoms with van der Waals surface area (Å²) in [6.07, 6.45) is 9.71. The predicted molar refractivity (Wildman–Crippen MR) is 176 cm³/mol. The van der Waals surface area contributed by atoms with Crippen LogP contribution in [0.15, 0.2) is 60.1 Å². The number of hydrogen-bond donors (Lipinski definition) is 1. The van der Waals surface area contributed by atoms with Crippen molar-refractivity contribution in [3.63, 3.8) is 0 Å². The first kappa shape index (κ1) is 27.4. The molecule has 1 aliphatic heterocycles. The average Bonchev–Trinajstić information content (AvgIpc) is 3.72. The molecular weight excluding hydrogens is 559 g/mol. The van der Waals surface area contributed by atoms with Crippen LogP contribution in [0.2, 0.25) is 0 Å². The Morgan fingerprint density at radius 3 is 2.55 bits per heavy atom. The fraction of sp³-hybridized carbons (Fsp3) is 0.371. The molecule has 7 rings (SSSR count). The number of likely N-dealkylation sites (tertiary alicyclic amines) is 1. The van der Waals surface area contributed by atoms with Crippen LogP contribution in [0.3, 0.4) is 0 Å². The molecule has 5 aromatic rings. The lowest BCUT2D eigenvalue weighted by molar-refractivity contribution is 0.0702. The summed E-state index contributed by atoms with van der Waals surface area (Å²) >= 11 is 3.18. The molecule has 0 amide bonds. The summed E-state index contributed by atoms with van der Waals surface area (Å²) in [5, 5.41) is 13.3. The summed E-state index contributed by atoms with van der Waals surface area (Å²) in [5.74, 6) is -0.415. The monoisotopic (exact) mass is 595 g/mol. The Labute approximate surface area is 255 Å². The maximum Gasteiger partial charge on any atom is 0.345 e. The smallest absolute Gasteiger partial charge is 0.345 e. The first-order chi connectivity index (χ1) is 20.5. The highest BCUT2D eigenvalue weighted by atomic mass is 32.1. The van der Waals surface area contributed by atoms with E-state index in [0.717, 1.165) is 58.4 Å². The molecule has 0 unspecified atom stereocenters. The summed E-state index contributed by atoms with van der Waals surface area (Å²) in [6, 6.07) is 15.1. The van der Waals surface area contributed by atoms with Gasteiger partial charge in [0, 0.05) is 24.2 Å². The molecule has 2 fully saturated rings. The van der Waals surface area contributed by atoms with Gasteiger partial charge < -0.3 is 14.6 Å². The van der Waals surface area contributed by atoms with Crippen LogP contribution in [-0.2, 0) is 6.54 Å². The van der Waals surface area contributed by atoms with Gasteiger partial charge in [0.25, 0.3) is 0 Å². The third-order valence-electron chi connectivity index (χ3n) is 9.09. The molecule has 2 aliphatic rings. The summed E-state index contributed by atoms with van der Waals surface area (Å²) in [7, 11) is 0. The van der Waals surface area contributed by atoms with Crippen molar-refractivity contribution in [3.8, 4) is 21.8 Å². The Bertz CT molecular complexity index is 1800. The number of rotatable bonds is 7. The number of aryl methyl sites for hydroxylation is 1. The number of carboxylic acid groups (broad SMARTS) is 1. The number of carboxylic acids is 1. The van der Waals surface area contributed by atoms with Gasteiger partial charge in [0.1, 0.15) is 4.88 Å². The molecule has 1 saturated heterocycles. The minimum absolute atomic E-state index is 0.417. The number of hydrogen-bond acceptors (Lipinski definition) is 5. The van der Waals surface area contributed by atoms with E-state index in [-0.39, 0.29) is 0 Å². The number of carbonyl (C=O) groups is 1. The van der Waals surface area contributed by atoms with Crippen molar-refractivity contribution in [3.05, 3.63) is 76.1 Å². The molecule has 1 N–H and O–H groups in total. The Balaban J connectivity index is 1.39. The SMILES string of the molecule is C=C(Cn1c(-c2ccc3nc(-c4cc(C)cs4)ccc3c2)c(C2CCCCC2)c2sc(C(=O)O)cc21)N1CCCCC1. The average molecular weight is 596 g/mol. The molecule has 0 spiro atoms. The molecule has 1 saturated carbocycles. The summed E-state index contributed by atoms with van der Waals surface area (Å²) in [4.78, 5) is 21.2. The van der Waals surface area contributed by atoms with Gasteiger partial charge >= 0.3 is 5.97 Å². The van der Waals surface area contributed by atoms with E-state index < -0.39 is 5.97 Å². The van der Waals surface area contributed by atoms with Crippen molar-refractivity contribution >= 4 is 49.8 Å². The van der Waals surface area contributed by atoms with E-state index >= 15 is 0 Å². The zero-order valence-corrected chi connectivity index (χ0v) is 25.8. The molecule has 0 atom stereocenters. The number of allylic oxidation sites excluding steroid dienone is 1. The van der Waals surface area contributed by atoms with E-state index in [2.05, 4.69) is 64.7 Å². The van der Waals surface area contributed by atoms with Crippen LogP contribution in [0, 0.1) is 6.92 Å². The maximum atomic E-state index is 12.1. The molecule has 42 heavy (non-hydrogen) atoms. The normalized spacial score (nSPS) is 16.5. The largest absolute Gasteiger partial charge is 0.477 e. The number of piperidine rings is 1. The van der Waals surface area contributed by atoms with E-state index in [1.807, 2.05) is 6.07 Å². The predicted octanol–water partition coefficient (Wildman–Crippen LogP) is 9.70. The molecule has 216 valence electrons. The van der Waals surface area contributed by atoms with Crippen molar-refractivity contribution in [2.45, 2.75) is 70.8 Å². The van der Waals surface area contributed by atoms with E-state index in [1.54, 1.807) is 11.3 Å². The van der Waals surface area contributed by atoms with Gasteiger partial charge in [0.05, 0.1) is 38.5 Å². The van der Waals surface area contributed by atoms with Crippen molar-refractivity contribution in [2.24, 2.45) is 0 Å². The van der Waals surface area contributed by atoms with E-state index in [0.29, 0.717) is 17.3 Å². The quantitative estimate of drug-likeness (QED) is 0.203. The summed E-state index contributed by atoms with van der Waals surface area (Å²) < 4.78 is 3.53. The lowest BCUT2D eigenvalue weighted by atomic mass is 9.83. The minimum atomic E-state index is -0.845. The second-order valence-electron chi connectivity index (χ2n) is 12.0. The van der Waals surface area contributed by atoms with Gasteiger partial charge in [-0.3, -0.25) is 0 Å². The fourth-order valence-corrected chi connectivity index (χ4v) is 8.96. The van der Waals surface area contributed by atoms with Gasteiger partial charge in [-0.1, -0.05) is 38.0 Å². The van der Waals surface area contributed by atoms with Gasteiger partial charge in [-0.25, -0.2) is 9.78 Å². The van der Waals surface area contributed by atoms with Crippen LogP contribution in [0.1, 0.15) is 78.1 Å². The highest BCUT2D eigenvalue weighted by Crippen LogP contribution is 2.47. The van der Waals surface area contributed by atoms with E-state index in [9.17, 15) is 9.90 Å². The van der Waals surface area contributed by atoms with Gasteiger partial charge in [0.2, 0.25) is 0 Å². The molecule has 0 radical (unpaired) electrons. The second kappa shape index (κ2) is 11.3. The number of pyridine rings is 1. The van der Waals surface area contributed by atoms with Gasteiger partial charge in [0.15, 0.2) is 0 Å². The Kier molecular flexibility index (Phi) is 7.40. The molecule has 1 aromatic carbocycles. The standard InChI is InChI=1S/C35H37N3O2S2/c1-22-17-30(41-21-22)28-14-11-25-18-26(12-13-27(25)36-28)33-32(24-9-5-3-6-10-24)34-29(19-31(42-34)35(39)40)38(33)20-23(2)37-15-7-4-8-16-37/h11-14,17-19,21,24H,2-10,15-16,20H2,1H3,(H,39,40). The van der Waals surface area contributed by atoms with E-state index in [1.165, 1.54) is 77.1 Å². The summed E-state index contributed by atoms with van der Waals surface area (Å²) in [5.41, 5.74) is 9.17. The maximum absolute atomic E-state index is 12.1. The molecule has 0 bridgehead atoms. The zero-order valence-electron chi connectivity index (χ0n) is 24.2. The number of fused-ring (bicyclic) bond motifs is 2. The molecular formula is C35H37N3O2S2. The van der Waals surface area contributed by atoms with Gasteiger partial charge in [-0.05, 0) is 97.3 Å². The highest BCUT2D eigenvalue weighted by Gasteiger charge is 2.30. The van der Waals surface area contributed by atoms with Crippen LogP contribution < -0.4 is 0 Å². The molecule has 5 heterocycles. The van der Waals surface area contributed by atoms with Crippen molar-refractivity contribution in [1.82, 2.24) is 14.5 Å². The molecule has 7 heteroatoms. The third kappa shape index (κ3) is 5.07. The van der Waals surface area contributed by atoms with Crippen LogP contribution in [-0.4, -0.2) is 38.6 Å². The third-order valence-corrected chi connectivity index (χ3v) is 11.3. The van der Waals surface area contributed by atoms with Crippen molar-refractivity contribution < 1.29 is 9.90 Å². The lowest BCUT2D eigenvalue weighted by Crippen LogP contribution is -2.30. The Hall–Kier alpha value is -3.42. The molecule has 1 aliphatic carbocycles.